The van der Waals surface area contributed by atoms with E-state index in [0.717, 1.165) is 32.4 Å². The lowest BCUT2D eigenvalue weighted by atomic mass is 10.0. The average Bonchev–Trinajstić information content (AvgIpc) is 2.66. The lowest BCUT2D eigenvalue weighted by molar-refractivity contribution is 0.0594. The van der Waals surface area contributed by atoms with E-state index in [4.69, 9.17) is 11.6 Å². The number of carbonyl (C=O) groups excluding carboxylic acids is 1. The highest BCUT2D eigenvalue weighted by Crippen LogP contribution is 2.19. The molecule has 0 saturated carbocycles. The molecule has 0 bridgehead atoms. The number of hydrogen-bond donors (Lipinski definition) is 1. The van der Waals surface area contributed by atoms with Crippen molar-refractivity contribution in [2.75, 3.05) is 26.7 Å². The van der Waals surface area contributed by atoms with Gasteiger partial charge in [-0.05, 0) is 51.0 Å². The molecule has 0 spiro atoms. The van der Waals surface area contributed by atoms with Crippen molar-refractivity contribution in [1.82, 2.24) is 14.8 Å². The number of likely N-dealkylation sites (tertiary alicyclic amines) is 1. The summed E-state index contributed by atoms with van der Waals surface area (Å²) < 4.78 is 0. The van der Waals surface area contributed by atoms with Crippen molar-refractivity contribution in [3.05, 3.63) is 69.1 Å². The summed E-state index contributed by atoms with van der Waals surface area (Å²) in [5.41, 5.74) is 1.26. The summed E-state index contributed by atoms with van der Waals surface area (Å²) in [6.07, 6.45) is 4.17. The molecule has 1 aromatic carbocycles. The molecule has 0 radical (unpaired) electrons. The van der Waals surface area contributed by atoms with Gasteiger partial charge < -0.3 is 14.8 Å². The van der Waals surface area contributed by atoms with Crippen molar-refractivity contribution >= 4 is 17.5 Å². The number of H-pyrrole nitrogens is 1. The van der Waals surface area contributed by atoms with Crippen LogP contribution in [0, 0.1) is 0 Å². The third kappa shape index (κ3) is 4.54. The van der Waals surface area contributed by atoms with E-state index in [1.807, 2.05) is 23.1 Å². The molecule has 1 amide bonds. The number of hydrogen-bond acceptors (Lipinski definition) is 3. The molecule has 1 fully saturated rings. The number of pyridine rings is 1. The Kier molecular flexibility index (Phi) is 6.12. The number of piperidine rings is 1. The fraction of sp³-hybridized carbons (Fsp3) is 0.400. The van der Waals surface area contributed by atoms with Crippen LogP contribution in [0.3, 0.4) is 0 Å². The van der Waals surface area contributed by atoms with Crippen LogP contribution < -0.4 is 5.56 Å². The average molecular weight is 374 g/mol. The number of amides is 1. The van der Waals surface area contributed by atoms with E-state index < -0.39 is 0 Å². The van der Waals surface area contributed by atoms with Gasteiger partial charge in [-0.25, -0.2) is 0 Å². The Labute approximate surface area is 158 Å². The third-order valence-electron chi connectivity index (χ3n) is 4.98. The number of carbonyl (C=O) groups is 1. The molecule has 0 aliphatic carbocycles. The van der Waals surface area contributed by atoms with E-state index >= 15 is 0 Å². The van der Waals surface area contributed by atoms with Crippen molar-refractivity contribution in [1.29, 1.82) is 0 Å². The van der Waals surface area contributed by atoms with Gasteiger partial charge in [0.2, 0.25) is 0 Å². The minimum atomic E-state index is -0.377. The first kappa shape index (κ1) is 18.7. The highest BCUT2D eigenvalue weighted by atomic mass is 35.5. The summed E-state index contributed by atoms with van der Waals surface area (Å²) in [5, 5.41) is 0.0437. The number of aromatic amines is 1. The highest BCUT2D eigenvalue weighted by Gasteiger charge is 2.27. The van der Waals surface area contributed by atoms with Gasteiger partial charge in [-0.3, -0.25) is 9.59 Å². The summed E-state index contributed by atoms with van der Waals surface area (Å²) in [6, 6.07) is 11.8. The molecule has 1 aliphatic heterocycles. The van der Waals surface area contributed by atoms with Gasteiger partial charge in [0.05, 0.1) is 5.56 Å². The first-order valence-corrected chi connectivity index (χ1v) is 9.34. The van der Waals surface area contributed by atoms with Crippen LogP contribution in [0.5, 0.6) is 0 Å². The second-order valence-corrected chi connectivity index (χ2v) is 7.24. The standard InChI is InChI=1S/C20H24ClN3O2/c1-23-10-8-17(9-11-23)24(12-7-15-5-3-2-4-6-15)20(26)16-13-18(21)19(25)22-14-16/h2-6,13-14,17H,7-12H2,1H3,(H,22,25). The van der Waals surface area contributed by atoms with Crippen LogP contribution in [-0.4, -0.2) is 53.4 Å². The number of rotatable bonds is 5. The number of halogens is 1. The van der Waals surface area contributed by atoms with Crippen LogP contribution >= 0.6 is 11.6 Å². The predicted molar refractivity (Wildman–Crippen MR) is 104 cm³/mol. The zero-order valence-corrected chi connectivity index (χ0v) is 15.7. The Morgan fingerprint density at radius 3 is 2.62 bits per heavy atom. The maximum atomic E-state index is 13.1. The summed E-state index contributed by atoms with van der Waals surface area (Å²) >= 11 is 5.92. The molecular weight excluding hydrogens is 350 g/mol. The van der Waals surface area contributed by atoms with Crippen molar-refractivity contribution < 1.29 is 4.79 Å². The summed E-state index contributed by atoms with van der Waals surface area (Å²) in [5.74, 6) is -0.0753. The van der Waals surface area contributed by atoms with Gasteiger partial charge in [-0.2, -0.15) is 0 Å². The fourth-order valence-electron chi connectivity index (χ4n) is 3.40. The lowest BCUT2D eigenvalue weighted by Crippen LogP contribution is -2.47. The van der Waals surface area contributed by atoms with Crippen molar-refractivity contribution in [3.63, 3.8) is 0 Å². The van der Waals surface area contributed by atoms with Gasteiger partial charge >= 0.3 is 0 Å². The van der Waals surface area contributed by atoms with Crippen LogP contribution in [0.25, 0.3) is 0 Å². The van der Waals surface area contributed by atoms with Crippen molar-refractivity contribution in [2.45, 2.75) is 25.3 Å². The van der Waals surface area contributed by atoms with Gasteiger partial charge in [0.15, 0.2) is 0 Å². The van der Waals surface area contributed by atoms with Gasteiger partial charge in [0.1, 0.15) is 5.02 Å². The van der Waals surface area contributed by atoms with E-state index in [1.165, 1.54) is 17.8 Å². The molecular formula is C20H24ClN3O2. The molecule has 1 saturated heterocycles. The molecule has 1 aromatic heterocycles. The maximum absolute atomic E-state index is 13.1. The number of nitrogens with zero attached hydrogens (tertiary/aromatic N) is 2. The largest absolute Gasteiger partial charge is 0.335 e. The van der Waals surface area contributed by atoms with E-state index in [-0.39, 0.29) is 22.5 Å². The normalized spacial score (nSPS) is 15.8. The molecule has 0 unspecified atom stereocenters. The highest BCUT2D eigenvalue weighted by molar-refractivity contribution is 6.30. The Hall–Kier alpha value is -2.11. The van der Waals surface area contributed by atoms with Crippen LogP contribution in [0.1, 0.15) is 28.8 Å². The molecule has 3 rings (SSSR count). The Morgan fingerprint density at radius 1 is 1.27 bits per heavy atom. The van der Waals surface area contributed by atoms with Crippen molar-refractivity contribution in [3.8, 4) is 0 Å². The topological polar surface area (TPSA) is 56.4 Å². The second-order valence-electron chi connectivity index (χ2n) is 6.83. The molecule has 1 N–H and O–H groups in total. The minimum Gasteiger partial charge on any atom is -0.335 e. The Balaban J connectivity index is 1.80. The number of aromatic nitrogens is 1. The van der Waals surface area contributed by atoms with Crippen LogP contribution in [0.4, 0.5) is 0 Å². The molecule has 6 heteroatoms. The van der Waals surface area contributed by atoms with Crippen LogP contribution in [0.15, 0.2) is 47.4 Å². The van der Waals surface area contributed by atoms with Crippen LogP contribution in [-0.2, 0) is 6.42 Å². The Bertz CT molecular complexity index is 798. The first-order valence-electron chi connectivity index (χ1n) is 8.96. The van der Waals surface area contributed by atoms with Crippen LogP contribution in [0.2, 0.25) is 5.02 Å². The third-order valence-corrected chi connectivity index (χ3v) is 5.26. The van der Waals surface area contributed by atoms with Crippen molar-refractivity contribution in [2.24, 2.45) is 0 Å². The predicted octanol–water partition coefficient (Wildman–Crippen LogP) is 2.81. The molecule has 2 aromatic rings. The zero-order chi connectivity index (χ0) is 18.5. The van der Waals surface area contributed by atoms with Gasteiger partial charge in [0.25, 0.3) is 11.5 Å². The van der Waals surface area contributed by atoms with Gasteiger partial charge in [-0.1, -0.05) is 41.9 Å². The quantitative estimate of drug-likeness (QED) is 0.876. The van der Waals surface area contributed by atoms with Gasteiger partial charge in [-0.15, -0.1) is 0 Å². The lowest BCUT2D eigenvalue weighted by Gasteiger charge is -2.37. The molecule has 138 valence electrons. The monoisotopic (exact) mass is 373 g/mol. The summed E-state index contributed by atoms with van der Waals surface area (Å²) in [6.45, 7) is 2.60. The molecule has 26 heavy (non-hydrogen) atoms. The molecule has 1 aliphatic rings. The smallest absolute Gasteiger partial charge is 0.266 e. The maximum Gasteiger partial charge on any atom is 0.266 e. The number of benzene rings is 1. The van der Waals surface area contributed by atoms with E-state index in [0.29, 0.717) is 12.1 Å². The zero-order valence-electron chi connectivity index (χ0n) is 15.0. The SMILES string of the molecule is CN1CCC(N(CCc2ccccc2)C(=O)c2c[nH]c(=O)c(Cl)c2)CC1. The van der Waals surface area contributed by atoms with E-state index in [9.17, 15) is 9.59 Å². The van der Waals surface area contributed by atoms with Gasteiger partial charge in [0, 0.05) is 18.8 Å². The first-order chi connectivity index (χ1) is 12.5. The van der Waals surface area contributed by atoms with E-state index in [1.54, 1.807) is 0 Å². The Morgan fingerprint density at radius 2 is 1.96 bits per heavy atom. The summed E-state index contributed by atoms with van der Waals surface area (Å²) in [4.78, 5) is 31.4. The molecule has 5 nitrogen and oxygen atoms in total. The second kappa shape index (κ2) is 8.52. The minimum absolute atomic E-state index is 0.0437. The molecule has 0 atom stereocenters. The number of nitrogens with one attached hydrogen (secondary N) is 1. The fourth-order valence-corrected chi connectivity index (χ4v) is 3.57. The summed E-state index contributed by atoms with van der Waals surface area (Å²) in [7, 11) is 2.11. The molecule has 2 heterocycles. The van der Waals surface area contributed by atoms with E-state index in [2.05, 4.69) is 29.1 Å².